The van der Waals surface area contributed by atoms with Gasteiger partial charge in [0.2, 0.25) is 0 Å². The van der Waals surface area contributed by atoms with Crippen LogP contribution < -0.4 is 11.5 Å². The third-order valence-electron chi connectivity index (χ3n) is 0.175. The molecule has 8 heavy (non-hydrogen) atoms. The lowest BCUT2D eigenvalue weighted by Crippen LogP contribution is -2.10. The van der Waals surface area contributed by atoms with Crippen LogP contribution in [0.2, 0.25) is 0 Å². The molecule has 5 nitrogen and oxygen atoms in total. The van der Waals surface area contributed by atoms with E-state index in [-0.39, 0.29) is 13.3 Å². The highest BCUT2D eigenvalue weighted by Crippen LogP contribution is 1.43. The van der Waals surface area contributed by atoms with Gasteiger partial charge >= 0.3 is 5.97 Å². The second-order valence-electron chi connectivity index (χ2n) is 0.780. The molecule has 0 atom stereocenters. The maximum absolute atomic E-state index is 9.24. The second-order valence-corrected chi connectivity index (χ2v) is 0.780. The number of nitrogens with two attached hydrogens (primary N) is 2. The van der Waals surface area contributed by atoms with Crippen LogP contribution in [0.5, 0.6) is 0 Å². The fraction of sp³-hybridized carbons (Fsp3) is 0.667. The van der Waals surface area contributed by atoms with Crippen molar-refractivity contribution in [2.45, 2.75) is 0 Å². The van der Waals surface area contributed by atoms with E-state index < -0.39 is 5.97 Å². The number of rotatable bonds is 1. The van der Waals surface area contributed by atoms with Crippen molar-refractivity contribution in [3.8, 4) is 0 Å². The van der Waals surface area contributed by atoms with Gasteiger partial charge in [-0.25, -0.2) is 0 Å². The summed E-state index contributed by atoms with van der Waals surface area (Å²) < 4.78 is 0. The minimum Gasteiger partial charge on any atom is -0.480 e. The standard InChI is InChI=1S/C2H5NO2.CH5NO/c3-1-2(4)5;2-1-3/h1,3H2,(H,4,5);3H,1-2H2. The molecule has 0 aromatic carbocycles. The highest BCUT2D eigenvalue weighted by Gasteiger charge is 1.81. The number of carboxylic acids is 1. The zero-order valence-electron chi connectivity index (χ0n) is 4.37. The van der Waals surface area contributed by atoms with Crippen LogP contribution in [0.25, 0.3) is 0 Å². The summed E-state index contributed by atoms with van der Waals surface area (Å²) in [4.78, 5) is 9.24. The topological polar surface area (TPSA) is 110 Å². The molecule has 0 bridgehead atoms. The molecule has 5 heteroatoms. The molecule has 0 aliphatic carbocycles. The Morgan fingerprint density at radius 2 is 1.62 bits per heavy atom. The molecule has 6 N–H and O–H groups in total. The van der Waals surface area contributed by atoms with Gasteiger partial charge in [-0.15, -0.1) is 0 Å². The van der Waals surface area contributed by atoms with E-state index in [0.29, 0.717) is 0 Å². The van der Waals surface area contributed by atoms with Crippen molar-refractivity contribution in [2.24, 2.45) is 11.5 Å². The Hall–Kier alpha value is -0.650. The summed E-state index contributed by atoms with van der Waals surface area (Å²) >= 11 is 0. The summed E-state index contributed by atoms with van der Waals surface area (Å²) in [6, 6.07) is 0. The average molecular weight is 122 g/mol. The molecule has 0 unspecified atom stereocenters. The number of aliphatic hydroxyl groups excluding tert-OH is 1. The molecule has 0 saturated carbocycles. The SMILES string of the molecule is NCC(=O)O.NCO. The number of aliphatic hydroxyl groups is 1. The molecule has 0 aliphatic rings. The highest BCUT2D eigenvalue weighted by molar-refractivity contribution is 5.68. The van der Waals surface area contributed by atoms with Crippen molar-refractivity contribution >= 4 is 5.97 Å². The smallest absolute Gasteiger partial charge is 0.317 e. The van der Waals surface area contributed by atoms with Crippen LogP contribution >= 0.6 is 0 Å². The second kappa shape index (κ2) is 9.61. The maximum Gasteiger partial charge on any atom is 0.317 e. The van der Waals surface area contributed by atoms with Gasteiger partial charge in [-0.3, -0.25) is 4.79 Å². The fourth-order valence-corrected chi connectivity index (χ4v) is 0. The first-order chi connectivity index (χ1) is 3.68. The van der Waals surface area contributed by atoms with Crippen LogP contribution in [0.1, 0.15) is 0 Å². The third-order valence-corrected chi connectivity index (χ3v) is 0.175. The lowest BCUT2D eigenvalue weighted by Gasteiger charge is -1.73. The fourth-order valence-electron chi connectivity index (χ4n) is 0. The van der Waals surface area contributed by atoms with E-state index in [1.165, 1.54) is 0 Å². The van der Waals surface area contributed by atoms with Crippen LogP contribution in [0.3, 0.4) is 0 Å². The molecule has 0 aliphatic heterocycles. The molecule has 50 valence electrons. The van der Waals surface area contributed by atoms with Gasteiger partial charge in [-0.1, -0.05) is 0 Å². The molecular weight excluding hydrogens is 112 g/mol. The monoisotopic (exact) mass is 122 g/mol. The first kappa shape index (κ1) is 10.4. The van der Waals surface area contributed by atoms with Gasteiger partial charge in [0.05, 0.1) is 13.3 Å². The summed E-state index contributed by atoms with van der Waals surface area (Å²) in [5.74, 6) is -0.968. The zero-order valence-corrected chi connectivity index (χ0v) is 4.37. The van der Waals surface area contributed by atoms with E-state index in [0.717, 1.165) is 0 Å². The predicted octanol–water partition coefficient (Wildman–Crippen LogP) is -2.08. The Morgan fingerprint density at radius 1 is 1.50 bits per heavy atom. The molecule has 0 rings (SSSR count). The number of aliphatic carboxylic acids is 1. The maximum atomic E-state index is 9.24. The van der Waals surface area contributed by atoms with E-state index in [1.807, 2.05) is 0 Å². The first-order valence-electron chi connectivity index (χ1n) is 1.91. The zero-order chi connectivity index (χ0) is 6.99. The van der Waals surface area contributed by atoms with Crippen LogP contribution in [-0.2, 0) is 4.79 Å². The normalized spacial score (nSPS) is 6.88. The van der Waals surface area contributed by atoms with Gasteiger partial charge in [-0.05, 0) is 0 Å². The van der Waals surface area contributed by atoms with Crippen molar-refractivity contribution in [3.63, 3.8) is 0 Å². The quantitative estimate of drug-likeness (QED) is 0.298. The van der Waals surface area contributed by atoms with Crippen molar-refractivity contribution < 1.29 is 15.0 Å². The number of carbonyl (C=O) groups is 1. The van der Waals surface area contributed by atoms with Gasteiger partial charge in [-0.2, -0.15) is 0 Å². The number of hydrogen-bond acceptors (Lipinski definition) is 4. The van der Waals surface area contributed by atoms with Gasteiger partial charge in [0.15, 0.2) is 0 Å². The summed E-state index contributed by atoms with van der Waals surface area (Å²) in [5.41, 5.74) is 8.97. The third kappa shape index (κ3) is 55.5. The van der Waals surface area contributed by atoms with E-state index in [2.05, 4.69) is 11.5 Å². The molecule has 0 aromatic heterocycles. The van der Waals surface area contributed by atoms with Crippen molar-refractivity contribution in [3.05, 3.63) is 0 Å². The Kier molecular flexibility index (Phi) is 12.4. The van der Waals surface area contributed by atoms with E-state index in [1.54, 1.807) is 0 Å². The van der Waals surface area contributed by atoms with Crippen molar-refractivity contribution in [1.82, 2.24) is 0 Å². The van der Waals surface area contributed by atoms with E-state index in [4.69, 9.17) is 10.2 Å². The van der Waals surface area contributed by atoms with Crippen LogP contribution in [0.4, 0.5) is 0 Å². The largest absolute Gasteiger partial charge is 0.480 e. The minimum atomic E-state index is -0.968. The van der Waals surface area contributed by atoms with Crippen molar-refractivity contribution in [1.29, 1.82) is 0 Å². The van der Waals surface area contributed by atoms with Crippen LogP contribution in [-0.4, -0.2) is 29.5 Å². The van der Waals surface area contributed by atoms with Gasteiger partial charge < -0.3 is 21.7 Å². The molecule has 0 saturated heterocycles. The molecule has 0 heterocycles. The number of hydrogen-bond donors (Lipinski definition) is 4. The molecule has 0 amide bonds. The van der Waals surface area contributed by atoms with Gasteiger partial charge in [0.25, 0.3) is 0 Å². The average Bonchev–Trinajstić information content (AvgIpc) is 1.69. The van der Waals surface area contributed by atoms with Gasteiger partial charge in [0, 0.05) is 0 Å². The lowest BCUT2D eigenvalue weighted by atomic mass is 10.7. The Labute approximate surface area is 46.9 Å². The summed E-state index contributed by atoms with van der Waals surface area (Å²) in [7, 11) is 0. The summed E-state index contributed by atoms with van der Waals surface area (Å²) in [5, 5.41) is 14.9. The predicted molar refractivity (Wildman–Crippen MR) is 28.0 cm³/mol. The van der Waals surface area contributed by atoms with E-state index in [9.17, 15) is 4.79 Å². The molecule has 0 aromatic rings. The number of carboxylic acid groups (broad SMARTS) is 1. The molecular formula is C3H10N2O3. The minimum absolute atomic E-state index is 0.250. The molecule has 0 radical (unpaired) electrons. The Balaban J connectivity index is 0. The van der Waals surface area contributed by atoms with E-state index >= 15 is 0 Å². The van der Waals surface area contributed by atoms with Crippen LogP contribution in [0, 0.1) is 0 Å². The summed E-state index contributed by atoms with van der Waals surface area (Å²) in [6.45, 7) is -0.528. The highest BCUT2D eigenvalue weighted by atomic mass is 16.4. The van der Waals surface area contributed by atoms with Gasteiger partial charge in [0.1, 0.15) is 0 Å². The molecule has 0 fully saturated rings. The molecule has 0 spiro atoms. The van der Waals surface area contributed by atoms with Crippen LogP contribution in [0.15, 0.2) is 0 Å². The Bertz CT molecular complexity index is 56.5. The first-order valence-corrected chi connectivity index (χ1v) is 1.91. The Morgan fingerprint density at radius 3 is 1.62 bits per heavy atom. The van der Waals surface area contributed by atoms with Crippen molar-refractivity contribution in [2.75, 3.05) is 13.3 Å². The summed E-state index contributed by atoms with van der Waals surface area (Å²) in [6.07, 6.45) is 0. The lowest BCUT2D eigenvalue weighted by molar-refractivity contribution is -0.135.